The summed E-state index contributed by atoms with van der Waals surface area (Å²) in [7, 11) is 0. The second-order valence-corrected chi connectivity index (χ2v) is 5.92. The van der Waals surface area contributed by atoms with E-state index in [0.29, 0.717) is 28.8 Å². The van der Waals surface area contributed by atoms with Crippen LogP contribution in [0.4, 0.5) is 0 Å². The molecule has 2 aromatic heterocycles. The highest BCUT2D eigenvalue weighted by molar-refractivity contribution is 6.30. The summed E-state index contributed by atoms with van der Waals surface area (Å²) in [6.07, 6.45) is 1.88. The summed E-state index contributed by atoms with van der Waals surface area (Å²) in [5, 5.41) is 10.4. The molecule has 2 N–H and O–H groups in total. The fraction of sp³-hybridized carbons (Fsp3) is 0.222. The summed E-state index contributed by atoms with van der Waals surface area (Å²) in [5.74, 6) is 1.16. The number of furan rings is 1. The maximum absolute atomic E-state index is 12.1. The zero-order valence-corrected chi connectivity index (χ0v) is 14.1. The monoisotopic (exact) mass is 343 g/mol. The minimum absolute atomic E-state index is 0.227. The van der Waals surface area contributed by atoms with Crippen molar-refractivity contribution < 1.29 is 9.21 Å². The van der Waals surface area contributed by atoms with Gasteiger partial charge in [0.05, 0.1) is 6.54 Å². The van der Waals surface area contributed by atoms with Crippen LogP contribution in [-0.2, 0) is 13.0 Å². The van der Waals surface area contributed by atoms with Gasteiger partial charge in [0.15, 0.2) is 0 Å². The predicted octanol–water partition coefficient (Wildman–Crippen LogP) is 4.21. The van der Waals surface area contributed by atoms with Crippen molar-refractivity contribution in [2.75, 3.05) is 0 Å². The molecule has 124 valence electrons. The summed E-state index contributed by atoms with van der Waals surface area (Å²) in [6.45, 7) is 2.38. The molecular formula is C18H18ClN3O2. The van der Waals surface area contributed by atoms with Crippen molar-refractivity contribution in [3.63, 3.8) is 0 Å². The molecule has 2 heterocycles. The largest absolute Gasteiger partial charge is 0.459 e. The van der Waals surface area contributed by atoms with Crippen LogP contribution in [0.3, 0.4) is 0 Å². The van der Waals surface area contributed by atoms with E-state index in [1.54, 1.807) is 6.07 Å². The normalized spacial score (nSPS) is 10.8. The van der Waals surface area contributed by atoms with Gasteiger partial charge in [0.1, 0.15) is 17.2 Å². The van der Waals surface area contributed by atoms with Crippen molar-refractivity contribution >= 4 is 17.5 Å². The number of amides is 1. The van der Waals surface area contributed by atoms with Crippen molar-refractivity contribution in [3.8, 4) is 11.3 Å². The Hall–Kier alpha value is -2.53. The van der Waals surface area contributed by atoms with Crippen LogP contribution in [0.15, 0.2) is 46.9 Å². The third kappa shape index (κ3) is 3.86. The van der Waals surface area contributed by atoms with Gasteiger partial charge in [-0.05, 0) is 36.8 Å². The first-order chi connectivity index (χ1) is 11.7. The van der Waals surface area contributed by atoms with Crippen LogP contribution in [0.5, 0.6) is 0 Å². The van der Waals surface area contributed by atoms with Crippen LogP contribution < -0.4 is 5.32 Å². The number of carbonyl (C=O) groups is 1. The highest BCUT2D eigenvalue weighted by atomic mass is 35.5. The maximum atomic E-state index is 12.1. The van der Waals surface area contributed by atoms with Crippen molar-refractivity contribution in [1.82, 2.24) is 15.5 Å². The summed E-state index contributed by atoms with van der Waals surface area (Å²) in [6, 6.07) is 12.9. The standard InChI is InChI=1S/C18H18ClN3O2/c1-2-4-14-10-16(22-21-14)18(23)20-11-15-7-8-17(24-15)12-5-3-6-13(19)9-12/h3,5-10H,2,4,11H2,1H3,(H,20,23)(H,21,22). The van der Waals surface area contributed by atoms with E-state index in [2.05, 4.69) is 22.4 Å². The first-order valence-electron chi connectivity index (χ1n) is 7.83. The van der Waals surface area contributed by atoms with Gasteiger partial charge in [-0.1, -0.05) is 37.1 Å². The lowest BCUT2D eigenvalue weighted by atomic mass is 10.2. The average Bonchev–Trinajstić information content (AvgIpc) is 3.22. The Morgan fingerprint density at radius 1 is 1.29 bits per heavy atom. The Balaban J connectivity index is 1.61. The number of aromatic amines is 1. The molecule has 0 aliphatic rings. The van der Waals surface area contributed by atoms with Gasteiger partial charge in [0.2, 0.25) is 0 Å². The molecule has 0 fully saturated rings. The van der Waals surface area contributed by atoms with E-state index < -0.39 is 0 Å². The van der Waals surface area contributed by atoms with Gasteiger partial charge < -0.3 is 9.73 Å². The lowest BCUT2D eigenvalue weighted by Gasteiger charge is -2.01. The molecular weight excluding hydrogens is 326 g/mol. The molecule has 0 aliphatic carbocycles. The Labute approximate surface area is 145 Å². The molecule has 0 atom stereocenters. The number of nitrogens with one attached hydrogen (secondary N) is 2. The molecule has 6 heteroatoms. The Kier molecular flexibility index (Phi) is 5.01. The number of aryl methyl sites for hydroxylation is 1. The number of carbonyl (C=O) groups excluding carboxylic acids is 1. The van der Waals surface area contributed by atoms with E-state index in [1.165, 1.54) is 0 Å². The van der Waals surface area contributed by atoms with Crippen LogP contribution in [0.25, 0.3) is 11.3 Å². The molecule has 0 saturated heterocycles. The summed E-state index contributed by atoms with van der Waals surface area (Å²) < 4.78 is 5.75. The zero-order valence-electron chi connectivity index (χ0n) is 13.3. The Bertz CT molecular complexity index is 838. The topological polar surface area (TPSA) is 70.9 Å². The summed E-state index contributed by atoms with van der Waals surface area (Å²) >= 11 is 5.99. The van der Waals surface area contributed by atoms with Crippen molar-refractivity contribution in [1.29, 1.82) is 0 Å². The SMILES string of the molecule is CCCc1cc(C(=O)NCc2ccc(-c3cccc(Cl)c3)o2)n[nH]1. The molecule has 0 saturated carbocycles. The number of benzene rings is 1. The van der Waals surface area contributed by atoms with Gasteiger partial charge in [-0.2, -0.15) is 5.10 Å². The van der Waals surface area contributed by atoms with Gasteiger partial charge in [0, 0.05) is 16.3 Å². The highest BCUT2D eigenvalue weighted by Gasteiger charge is 2.11. The number of hydrogen-bond acceptors (Lipinski definition) is 3. The number of aromatic nitrogens is 2. The van der Waals surface area contributed by atoms with Crippen LogP contribution >= 0.6 is 11.6 Å². The average molecular weight is 344 g/mol. The fourth-order valence-corrected chi connectivity index (χ4v) is 2.59. The molecule has 3 aromatic rings. The van der Waals surface area contributed by atoms with E-state index in [0.717, 1.165) is 24.1 Å². The molecule has 0 bridgehead atoms. The van der Waals surface area contributed by atoms with Gasteiger partial charge in [-0.25, -0.2) is 0 Å². The number of nitrogens with zero attached hydrogens (tertiary/aromatic N) is 1. The maximum Gasteiger partial charge on any atom is 0.272 e. The number of hydrogen-bond donors (Lipinski definition) is 2. The second kappa shape index (κ2) is 7.36. The van der Waals surface area contributed by atoms with Crippen molar-refractivity contribution in [3.05, 3.63) is 64.6 Å². The smallest absolute Gasteiger partial charge is 0.272 e. The molecule has 24 heavy (non-hydrogen) atoms. The number of rotatable bonds is 6. The van der Waals surface area contributed by atoms with Crippen LogP contribution in [0, 0.1) is 0 Å². The third-order valence-electron chi connectivity index (χ3n) is 3.58. The fourth-order valence-electron chi connectivity index (χ4n) is 2.40. The van der Waals surface area contributed by atoms with Crippen LogP contribution in [0.2, 0.25) is 5.02 Å². The molecule has 1 aromatic carbocycles. The van der Waals surface area contributed by atoms with E-state index in [-0.39, 0.29) is 5.91 Å². The predicted molar refractivity (Wildman–Crippen MR) is 92.9 cm³/mol. The second-order valence-electron chi connectivity index (χ2n) is 5.49. The minimum Gasteiger partial charge on any atom is -0.459 e. The summed E-state index contributed by atoms with van der Waals surface area (Å²) in [4.78, 5) is 12.1. The van der Waals surface area contributed by atoms with Crippen LogP contribution in [0.1, 0.15) is 35.3 Å². The lowest BCUT2D eigenvalue weighted by molar-refractivity contribution is 0.0943. The van der Waals surface area contributed by atoms with E-state index >= 15 is 0 Å². The molecule has 0 aliphatic heterocycles. The van der Waals surface area contributed by atoms with Crippen molar-refractivity contribution in [2.45, 2.75) is 26.3 Å². The van der Waals surface area contributed by atoms with Crippen LogP contribution in [-0.4, -0.2) is 16.1 Å². The first kappa shape index (κ1) is 16.3. The van der Waals surface area contributed by atoms with Gasteiger partial charge in [-0.15, -0.1) is 0 Å². The van der Waals surface area contributed by atoms with E-state index in [1.807, 2.05) is 36.4 Å². The van der Waals surface area contributed by atoms with Gasteiger partial charge in [-0.3, -0.25) is 9.89 Å². The zero-order chi connectivity index (χ0) is 16.9. The number of halogens is 1. The Morgan fingerprint density at radius 2 is 2.17 bits per heavy atom. The highest BCUT2D eigenvalue weighted by Crippen LogP contribution is 2.24. The van der Waals surface area contributed by atoms with E-state index in [9.17, 15) is 4.79 Å². The van der Waals surface area contributed by atoms with Gasteiger partial charge >= 0.3 is 0 Å². The quantitative estimate of drug-likeness (QED) is 0.704. The van der Waals surface area contributed by atoms with Gasteiger partial charge in [0.25, 0.3) is 5.91 Å². The van der Waals surface area contributed by atoms with Crippen molar-refractivity contribution in [2.24, 2.45) is 0 Å². The molecule has 0 unspecified atom stereocenters. The molecule has 0 radical (unpaired) electrons. The summed E-state index contributed by atoms with van der Waals surface area (Å²) in [5.41, 5.74) is 2.25. The lowest BCUT2D eigenvalue weighted by Crippen LogP contribution is -2.22. The first-order valence-corrected chi connectivity index (χ1v) is 8.20. The Morgan fingerprint density at radius 3 is 2.96 bits per heavy atom. The molecule has 1 amide bonds. The molecule has 0 spiro atoms. The molecule has 5 nitrogen and oxygen atoms in total. The minimum atomic E-state index is -0.227. The number of H-pyrrole nitrogens is 1. The molecule has 3 rings (SSSR count). The van der Waals surface area contributed by atoms with E-state index in [4.69, 9.17) is 16.0 Å². The third-order valence-corrected chi connectivity index (χ3v) is 3.81.